The number of carbonyl (C=O) groups excluding carboxylic acids is 1. The lowest BCUT2D eigenvalue weighted by atomic mass is 9.90. The summed E-state index contributed by atoms with van der Waals surface area (Å²) in [5.41, 5.74) is 1.48. The van der Waals surface area contributed by atoms with Crippen LogP contribution in [0.25, 0.3) is 5.70 Å². The van der Waals surface area contributed by atoms with Gasteiger partial charge >= 0.3 is 0 Å². The molecule has 2 N–H and O–H groups in total. The number of thiol groups is 1. The van der Waals surface area contributed by atoms with Crippen molar-refractivity contribution in [3.05, 3.63) is 63.6 Å². The van der Waals surface area contributed by atoms with Crippen molar-refractivity contribution in [2.75, 3.05) is 0 Å². The monoisotopic (exact) mass is 358 g/mol. The molecule has 0 unspecified atom stereocenters. The molecule has 0 saturated heterocycles. The van der Waals surface area contributed by atoms with Crippen LogP contribution < -0.4 is 15.0 Å². The molecule has 1 amide bonds. The maximum Gasteiger partial charge on any atom is 0.260 e. The lowest BCUT2D eigenvalue weighted by Crippen LogP contribution is -2.36. The van der Waals surface area contributed by atoms with Crippen LogP contribution in [0.5, 0.6) is 11.5 Å². The Labute approximate surface area is 150 Å². The fourth-order valence-corrected chi connectivity index (χ4v) is 2.94. The number of aromatic hydroxyl groups is 1. The Balaban J connectivity index is 2.31. The first-order valence-corrected chi connectivity index (χ1v) is 8.10. The van der Waals surface area contributed by atoms with Gasteiger partial charge in [-0.3, -0.25) is 18.9 Å². The van der Waals surface area contributed by atoms with Crippen molar-refractivity contribution in [1.82, 2.24) is 9.29 Å². The quantitative estimate of drug-likeness (QED) is 0.721. The Morgan fingerprint density at radius 1 is 1.28 bits per heavy atom. The van der Waals surface area contributed by atoms with Crippen LogP contribution in [0, 0.1) is 0 Å². The topological polar surface area (TPSA) is 80.6 Å². The zero-order valence-corrected chi connectivity index (χ0v) is 14.9. The molecule has 130 valence electrons. The standard InChI is InChI=1S/C18H18N2O4S/c1-10-16(20-7-6-12(21)9-15(20)22)13-8-11(17(23)19-25)4-5-14(13)24-18(10,2)3/h4-9,21,25H,1-3H3,(H,19,23). The average molecular weight is 358 g/mol. The first-order chi connectivity index (χ1) is 11.7. The lowest BCUT2D eigenvalue weighted by Gasteiger charge is -2.36. The molecule has 0 aliphatic carbocycles. The number of nitrogens with zero attached hydrogens (tertiary/aromatic N) is 1. The minimum Gasteiger partial charge on any atom is -0.508 e. The molecule has 1 aromatic carbocycles. The van der Waals surface area contributed by atoms with Crippen molar-refractivity contribution < 1.29 is 14.6 Å². The summed E-state index contributed by atoms with van der Waals surface area (Å²) in [6.45, 7) is 5.69. The van der Waals surface area contributed by atoms with Crippen LogP contribution in [0.1, 0.15) is 36.7 Å². The van der Waals surface area contributed by atoms with E-state index < -0.39 is 5.60 Å². The van der Waals surface area contributed by atoms with E-state index in [0.717, 1.165) is 11.6 Å². The molecular formula is C18H18N2O4S. The van der Waals surface area contributed by atoms with E-state index in [-0.39, 0.29) is 17.2 Å². The van der Waals surface area contributed by atoms with Crippen LogP contribution in [-0.2, 0) is 0 Å². The molecule has 0 fully saturated rings. The van der Waals surface area contributed by atoms with Gasteiger partial charge in [0, 0.05) is 23.4 Å². The van der Waals surface area contributed by atoms with E-state index in [2.05, 4.69) is 17.5 Å². The average Bonchev–Trinajstić information content (AvgIpc) is 2.56. The molecule has 0 bridgehead atoms. The minimum absolute atomic E-state index is 0.103. The summed E-state index contributed by atoms with van der Waals surface area (Å²) in [5, 5.41) is 9.53. The highest BCUT2D eigenvalue weighted by Crippen LogP contribution is 2.41. The highest BCUT2D eigenvalue weighted by molar-refractivity contribution is 7.78. The zero-order chi connectivity index (χ0) is 18.4. The van der Waals surface area contributed by atoms with Gasteiger partial charge < -0.3 is 9.84 Å². The second-order valence-corrected chi connectivity index (χ2v) is 6.55. The molecule has 2 heterocycles. The molecule has 1 aliphatic rings. The molecule has 0 radical (unpaired) electrons. The Bertz CT molecular complexity index is 960. The molecule has 1 aromatic heterocycles. The third-order valence-electron chi connectivity index (χ3n) is 4.37. The van der Waals surface area contributed by atoms with Crippen molar-refractivity contribution in [3.8, 4) is 11.5 Å². The number of aromatic nitrogens is 1. The molecule has 0 atom stereocenters. The van der Waals surface area contributed by atoms with Crippen molar-refractivity contribution in [2.45, 2.75) is 26.4 Å². The minimum atomic E-state index is -0.632. The number of pyridine rings is 1. The molecule has 3 rings (SSSR count). The van der Waals surface area contributed by atoms with Crippen molar-refractivity contribution in [3.63, 3.8) is 0 Å². The van der Waals surface area contributed by atoms with Gasteiger partial charge in [0.25, 0.3) is 11.5 Å². The van der Waals surface area contributed by atoms with E-state index in [9.17, 15) is 14.7 Å². The van der Waals surface area contributed by atoms with Gasteiger partial charge in [0.05, 0.1) is 5.70 Å². The Hall–Kier alpha value is -2.67. The zero-order valence-electron chi connectivity index (χ0n) is 14.0. The molecule has 0 saturated carbocycles. The van der Waals surface area contributed by atoms with Crippen LogP contribution in [0.4, 0.5) is 0 Å². The number of rotatable bonds is 2. The molecule has 6 nitrogen and oxygen atoms in total. The van der Waals surface area contributed by atoms with Crippen LogP contribution in [-0.4, -0.2) is 21.2 Å². The van der Waals surface area contributed by atoms with E-state index in [1.165, 1.54) is 16.8 Å². The van der Waals surface area contributed by atoms with E-state index >= 15 is 0 Å². The predicted octanol–water partition coefficient (Wildman–Crippen LogP) is 2.58. The van der Waals surface area contributed by atoms with Gasteiger partial charge in [-0.25, -0.2) is 0 Å². The number of fused-ring (bicyclic) bond motifs is 1. The number of hydrogen-bond acceptors (Lipinski definition) is 5. The number of carbonyl (C=O) groups is 1. The fourth-order valence-electron chi connectivity index (χ4n) is 2.81. The smallest absolute Gasteiger partial charge is 0.260 e. The predicted molar refractivity (Wildman–Crippen MR) is 98.0 cm³/mol. The number of hydrogen-bond donors (Lipinski definition) is 3. The van der Waals surface area contributed by atoms with Crippen molar-refractivity contribution >= 4 is 24.4 Å². The number of benzene rings is 1. The van der Waals surface area contributed by atoms with Gasteiger partial charge in [-0.1, -0.05) is 12.8 Å². The Morgan fingerprint density at radius 3 is 2.64 bits per heavy atom. The molecular weight excluding hydrogens is 340 g/mol. The summed E-state index contributed by atoms with van der Waals surface area (Å²) in [5.74, 6) is 0.113. The van der Waals surface area contributed by atoms with Crippen LogP contribution in [0.3, 0.4) is 0 Å². The third kappa shape index (κ3) is 2.91. The molecule has 7 heteroatoms. The van der Waals surface area contributed by atoms with Gasteiger partial charge in [-0.05, 0) is 50.6 Å². The van der Waals surface area contributed by atoms with E-state index in [1.54, 1.807) is 18.2 Å². The van der Waals surface area contributed by atoms with Crippen molar-refractivity contribution in [2.24, 2.45) is 0 Å². The van der Waals surface area contributed by atoms with Gasteiger partial charge in [-0.2, -0.15) is 0 Å². The van der Waals surface area contributed by atoms with E-state index in [4.69, 9.17) is 4.74 Å². The Morgan fingerprint density at radius 2 is 2.00 bits per heavy atom. The largest absolute Gasteiger partial charge is 0.508 e. The van der Waals surface area contributed by atoms with Crippen LogP contribution >= 0.6 is 12.8 Å². The van der Waals surface area contributed by atoms with Gasteiger partial charge in [-0.15, -0.1) is 0 Å². The first-order valence-electron chi connectivity index (χ1n) is 7.66. The molecule has 25 heavy (non-hydrogen) atoms. The van der Waals surface area contributed by atoms with Gasteiger partial charge in [0.1, 0.15) is 17.1 Å². The highest BCUT2D eigenvalue weighted by Gasteiger charge is 2.34. The summed E-state index contributed by atoms with van der Waals surface area (Å²) in [4.78, 5) is 24.3. The van der Waals surface area contributed by atoms with E-state index in [0.29, 0.717) is 22.6 Å². The summed E-state index contributed by atoms with van der Waals surface area (Å²) in [6, 6.07) is 7.58. The Kier molecular flexibility index (Phi) is 4.12. The summed E-state index contributed by atoms with van der Waals surface area (Å²) in [6.07, 6.45) is 1.51. The maximum atomic E-state index is 12.4. The summed E-state index contributed by atoms with van der Waals surface area (Å²) < 4.78 is 9.77. The maximum absolute atomic E-state index is 12.4. The van der Waals surface area contributed by atoms with Crippen molar-refractivity contribution in [1.29, 1.82) is 0 Å². The lowest BCUT2D eigenvalue weighted by molar-refractivity contribution is 0.0985. The van der Waals surface area contributed by atoms with Crippen LogP contribution in [0.2, 0.25) is 0 Å². The normalized spacial score (nSPS) is 15.4. The number of nitrogens with one attached hydrogen (secondary N) is 1. The number of amides is 1. The fraction of sp³-hybridized carbons (Fsp3) is 0.222. The first kappa shape index (κ1) is 17.2. The van der Waals surface area contributed by atoms with Gasteiger partial charge in [0.15, 0.2) is 0 Å². The van der Waals surface area contributed by atoms with Crippen LogP contribution in [0.15, 0.2) is 46.9 Å². The summed E-state index contributed by atoms with van der Waals surface area (Å²) >= 11 is 3.79. The molecule has 0 spiro atoms. The van der Waals surface area contributed by atoms with Gasteiger partial charge in [0.2, 0.25) is 0 Å². The highest BCUT2D eigenvalue weighted by atomic mass is 32.1. The SMILES string of the molecule is CC1=C(n2ccc(O)cc2=O)c2cc(C(=O)NS)ccc2OC1(C)C. The summed E-state index contributed by atoms with van der Waals surface area (Å²) in [7, 11) is 0. The second kappa shape index (κ2) is 6.00. The molecule has 1 aliphatic heterocycles. The van der Waals surface area contributed by atoms with E-state index in [1.807, 2.05) is 20.8 Å². The number of ether oxygens (including phenoxy) is 1. The third-order valence-corrected chi connectivity index (χ3v) is 4.57. The second-order valence-electron chi connectivity index (χ2n) is 6.33. The molecule has 2 aromatic rings.